The lowest BCUT2D eigenvalue weighted by atomic mass is 9.99. The van der Waals surface area contributed by atoms with Gasteiger partial charge in [-0.15, -0.1) is 0 Å². The Bertz CT molecular complexity index is 541. The van der Waals surface area contributed by atoms with Crippen LogP contribution in [0.2, 0.25) is 0 Å². The molecule has 4 nitrogen and oxygen atoms in total. The minimum atomic E-state index is 0.392. The molecule has 2 aromatic heterocycles. The Morgan fingerprint density at radius 1 is 1.53 bits per heavy atom. The fourth-order valence-corrected chi connectivity index (χ4v) is 2.26. The number of carbonyl (C=O) groups excluding carboxylic acids is 1. The van der Waals surface area contributed by atoms with E-state index in [1.807, 2.05) is 16.8 Å². The Labute approximate surface area is 99.2 Å². The molecule has 0 radical (unpaired) electrons. The first-order chi connectivity index (χ1) is 8.36. The lowest BCUT2D eigenvalue weighted by Crippen LogP contribution is -2.15. The van der Waals surface area contributed by atoms with Crippen molar-refractivity contribution in [3.05, 3.63) is 35.8 Å². The summed E-state index contributed by atoms with van der Waals surface area (Å²) in [5, 5.41) is 0. The predicted molar refractivity (Wildman–Crippen MR) is 63.4 cm³/mol. The molecule has 1 saturated heterocycles. The Morgan fingerprint density at radius 3 is 3.24 bits per heavy atom. The quantitative estimate of drug-likeness (QED) is 0.741. The van der Waals surface area contributed by atoms with E-state index < -0.39 is 0 Å². The maximum absolute atomic E-state index is 10.7. The third-order valence-electron chi connectivity index (χ3n) is 3.22. The lowest BCUT2D eigenvalue weighted by Gasteiger charge is -2.19. The van der Waals surface area contributed by atoms with Crippen molar-refractivity contribution in [3.63, 3.8) is 0 Å². The van der Waals surface area contributed by atoms with E-state index in [4.69, 9.17) is 4.74 Å². The van der Waals surface area contributed by atoms with Crippen LogP contribution in [0.25, 0.3) is 5.65 Å². The second-order valence-electron chi connectivity index (χ2n) is 4.42. The van der Waals surface area contributed by atoms with Crippen LogP contribution in [0.3, 0.4) is 0 Å². The molecular formula is C13H14N2O2. The second kappa shape index (κ2) is 4.30. The number of hydrogen-bond donors (Lipinski definition) is 0. The highest BCUT2D eigenvalue weighted by Crippen LogP contribution is 2.24. The fourth-order valence-electron chi connectivity index (χ4n) is 2.26. The first kappa shape index (κ1) is 10.5. The van der Waals surface area contributed by atoms with Crippen molar-refractivity contribution < 1.29 is 9.53 Å². The molecule has 0 bridgehead atoms. The summed E-state index contributed by atoms with van der Waals surface area (Å²) >= 11 is 0. The fraction of sp³-hybridized carbons (Fsp3) is 0.385. The van der Waals surface area contributed by atoms with Crippen LogP contribution in [-0.4, -0.2) is 28.9 Å². The molecule has 3 rings (SSSR count). The number of carbonyl (C=O) groups is 1. The molecule has 0 spiro atoms. The normalized spacial score (nSPS) is 20.6. The molecule has 0 aromatic carbocycles. The zero-order valence-electron chi connectivity index (χ0n) is 9.50. The summed E-state index contributed by atoms with van der Waals surface area (Å²) in [5.41, 5.74) is 2.55. The van der Waals surface area contributed by atoms with E-state index in [1.165, 1.54) is 0 Å². The third kappa shape index (κ3) is 1.96. The van der Waals surface area contributed by atoms with Crippen molar-refractivity contribution >= 4 is 11.9 Å². The van der Waals surface area contributed by atoms with E-state index in [0.29, 0.717) is 11.5 Å². The van der Waals surface area contributed by atoms with Crippen LogP contribution < -0.4 is 0 Å². The Kier molecular flexibility index (Phi) is 2.65. The van der Waals surface area contributed by atoms with E-state index in [2.05, 4.69) is 4.98 Å². The highest BCUT2D eigenvalue weighted by molar-refractivity contribution is 5.76. The molecule has 3 heterocycles. The molecule has 0 saturated carbocycles. The summed E-state index contributed by atoms with van der Waals surface area (Å²) in [6.45, 7) is 1.61. The predicted octanol–water partition coefficient (Wildman–Crippen LogP) is 2.04. The molecule has 1 aliphatic heterocycles. The van der Waals surface area contributed by atoms with Crippen LogP contribution in [0, 0.1) is 0 Å². The van der Waals surface area contributed by atoms with Crippen molar-refractivity contribution in [2.24, 2.45) is 0 Å². The standard InChI is InChI=1S/C13H14N2O2/c16-8-10-3-4-15-7-12(14-13(15)6-10)11-2-1-5-17-9-11/h3-4,6-8,11H,1-2,5,9H2. The van der Waals surface area contributed by atoms with E-state index in [9.17, 15) is 4.79 Å². The Morgan fingerprint density at radius 2 is 2.47 bits per heavy atom. The van der Waals surface area contributed by atoms with Gasteiger partial charge in [0, 0.05) is 30.5 Å². The molecule has 17 heavy (non-hydrogen) atoms. The SMILES string of the molecule is O=Cc1ccn2cc(C3CCCOC3)nc2c1. The minimum absolute atomic E-state index is 0.392. The molecule has 2 aromatic rings. The molecular weight excluding hydrogens is 216 g/mol. The van der Waals surface area contributed by atoms with Crippen LogP contribution >= 0.6 is 0 Å². The molecule has 1 fully saturated rings. The van der Waals surface area contributed by atoms with Crippen molar-refractivity contribution in [2.45, 2.75) is 18.8 Å². The van der Waals surface area contributed by atoms with Crippen molar-refractivity contribution in [1.82, 2.24) is 9.38 Å². The summed E-state index contributed by atoms with van der Waals surface area (Å²) in [7, 11) is 0. The highest BCUT2D eigenvalue weighted by atomic mass is 16.5. The van der Waals surface area contributed by atoms with E-state index in [0.717, 1.165) is 43.7 Å². The van der Waals surface area contributed by atoms with Crippen LogP contribution in [0.5, 0.6) is 0 Å². The van der Waals surface area contributed by atoms with Gasteiger partial charge in [0.15, 0.2) is 0 Å². The van der Waals surface area contributed by atoms with Crippen LogP contribution in [0.15, 0.2) is 24.5 Å². The van der Waals surface area contributed by atoms with Gasteiger partial charge in [0.05, 0.1) is 12.3 Å². The van der Waals surface area contributed by atoms with Gasteiger partial charge < -0.3 is 9.14 Å². The van der Waals surface area contributed by atoms with Gasteiger partial charge in [-0.05, 0) is 25.0 Å². The Balaban J connectivity index is 1.97. The third-order valence-corrected chi connectivity index (χ3v) is 3.22. The number of ether oxygens (including phenoxy) is 1. The van der Waals surface area contributed by atoms with Crippen LogP contribution in [0.4, 0.5) is 0 Å². The summed E-state index contributed by atoms with van der Waals surface area (Å²) in [6, 6.07) is 3.60. The minimum Gasteiger partial charge on any atom is -0.381 e. The van der Waals surface area contributed by atoms with Crippen LogP contribution in [-0.2, 0) is 4.74 Å². The zero-order chi connectivity index (χ0) is 11.7. The number of nitrogens with zero attached hydrogens (tertiary/aromatic N) is 2. The smallest absolute Gasteiger partial charge is 0.150 e. The number of rotatable bonds is 2. The number of imidazole rings is 1. The molecule has 1 atom stereocenters. The first-order valence-corrected chi connectivity index (χ1v) is 5.88. The molecule has 1 aliphatic rings. The Hall–Kier alpha value is -1.68. The molecule has 88 valence electrons. The van der Waals surface area contributed by atoms with E-state index in [-0.39, 0.29) is 0 Å². The summed E-state index contributed by atoms with van der Waals surface area (Å²) in [4.78, 5) is 15.3. The lowest BCUT2D eigenvalue weighted by molar-refractivity contribution is 0.0794. The average molecular weight is 230 g/mol. The number of hydrogen-bond acceptors (Lipinski definition) is 3. The average Bonchev–Trinajstić information content (AvgIpc) is 2.82. The van der Waals surface area contributed by atoms with Crippen LogP contribution in [0.1, 0.15) is 34.8 Å². The number of aromatic nitrogens is 2. The van der Waals surface area contributed by atoms with Gasteiger partial charge in [-0.3, -0.25) is 4.79 Å². The van der Waals surface area contributed by atoms with Gasteiger partial charge in [0.1, 0.15) is 11.9 Å². The van der Waals surface area contributed by atoms with Gasteiger partial charge in [0.25, 0.3) is 0 Å². The highest BCUT2D eigenvalue weighted by Gasteiger charge is 2.18. The molecule has 0 amide bonds. The number of fused-ring (bicyclic) bond motifs is 1. The second-order valence-corrected chi connectivity index (χ2v) is 4.42. The van der Waals surface area contributed by atoms with Gasteiger partial charge >= 0.3 is 0 Å². The van der Waals surface area contributed by atoms with Crippen molar-refractivity contribution in [1.29, 1.82) is 0 Å². The zero-order valence-corrected chi connectivity index (χ0v) is 9.50. The topological polar surface area (TPSA) is 43.6 Å². The van der Waals surface area contributed by atoms with Gasteiger partial charge in [-0.2, -0.15) is 0 Å². The monoisotopic (exact) mass is 230 g/mol. The maximum atomic E-state index is 10.7. The summed E-state index contributed by atoms with van der Waals surface area (Å²) in [6.07, 6.45) is 6.98. The van der Waals surface area contributed by atoms with E-state index in [1.54, 1.807) is 12.1 Å². The molecule has 0 aliphatic carbocycles. The largest absolute Gasteiger partial charge is 0.381 e. The number of aldehydes is 1. The van der Waals surface area contributed by atoms with Crippen molar-refractivity contribution in [3.8, 4) is 0 Å². The van der Waals surface area contributed by atoms with Crippen molar-refractivity contribution in [2.75, 3.05) is 13.2 Å². The molecule has 0 N–H and O–H groups in total. The van der Waals surface area contributed by atoms with E-state index >= 15 is 0 Å². The summed E-state index contributed by atoms with van der Waals surface area (Å²) < 4.78 is 7.43. The van der Waals surface area contributed by atoms with Gasteiger partial charge in [0.2, 0.25) is 0 Å². The molecule has 1 unspecified atom stereocenters. The maximum Gasteiger partial charge on any atom is 0.150 e. The van der Waals surface area contributed by atoms with Gasteiger partial charge in [-0.1, -0.05) is 0 Å². The number of pyridine rings is 1. The van der Waals surface area contributed by atoms with Gasteiger partial charge in [-0.25, -0.2) is 4.98 Å². The molecule has 4 heteroatoms. The summed E-state index contributed by atoms with van der Waals surface area (Å²) in [5.74, 6) is 0.392. The first-order valence-electron chi connectivity index (χ1n) is 5.88.